The number of aromatic nitrogens is 2. The highest BCUT2D eigenvalue weighted by Gasteiger charge is 2.24. The summed E-state index contributed by atoms with van der Waals surface area (Å²) in [7, 11) is 0. The largest absolute Gasteiger partial charge is 0.490 e. The number of hydrogen-bond acceptors (Lipinski definition) is 5. The van der Waals surface area contributed by atoms with Crippen molar-refractivity contribution in [2.24, 2.45) is 0 Å². The summed E-state index contributed by atoms with van der Waals surface area (Å²) >= 11 is 0. The van der Waals surface area contributed by atoms with Crippen molar-refractivity contribution < 1.29 is 19.0 Å². The van der Waals surface area contributed by atoms with E-state index in [1.165, 1.54) is 0 Å². The Hall–Kier alpha value is -4.00. The Morgan fingerprint density at radius 3 is 2.18 bits per heavy atom. The van der Waals surface area contributed by atoms with Gasteiger partial charge in [-0.05, 0) is 57.2 Å². The zero-order valence-electron chi connectivity index (χ0n) is 19.7. The van der Waals surface area contributed by atoms with Crippen LogP contribution in [0.4, 0.5) is 5.69 Å². The third kappa shape index (κ3) is 4.83. The van der Waals surface area contributed by atoms with Gasteiger partial charge in [0.05, 0.1) is 38.3 Å². The predicted molar refractivity (Wildman–Crippen MR) is 132 cm³/mol. The van der Waals surface area contributed by atoms with E-state index in [2.05, 4.69) is 4.98 Å². The van der Waals surface area contributed by atoms with Gasteiger partial charge in [0.1, 0.15) is 5.65 Å². The average Bonchev–Trinajstić information content (AvgIpc) is 3.27. The number of carbonyl (C=O) groups is 1. The number of anilines is 1. The molecule has 176 valence electrons. The van der Waals surface area contributed by atoms with E-state index in [9.17, 15) is 4.79 Å². The van der Waals surface area contributed by atoms with Gasteiger partial charge in [0.25, 0.3) is 5.91 Å². The third-order valence-corrected chi connectivity index (χ3v) is 5.28. The minimum atomic E-state index is -0.179. The molecule has 0 aliphatic heterocycles. The van der Waals surface area contributed by atoms with E-state index < -0.39 is 0 Å². The molecule has 7 nitrogen and oxygen atoms in total. The predicted octanol–water partition coefficient (Wildman–Crippen LogP) is 5.38. The van der Waals surface area contributed by atoms with Gasteiger partial charge in [0.15, 0.2) is 11.5 Å². The fraction of sp³-hybridized carbons (Fsp3) is 0.259. The monoisotopic (exact) mass is 459 g/mol. The summed E-state index contributed by atoms with van der Waals surface area (Å²) < 4.78 is 19.4. The van der Waals surface area contributed by atoms with Crippen LogP contribution in [0.3, 0.4) is 0 Å². The molecule has 0 atom stereocenters. The Labute approximate surface area is 199 Å². The van der Waals surface area contributed by atoms with Gasteiger partial charge in [-0.2, -0.15) is 0 Å². The van der Waals surface area contributed by atoms with Crippen LogP contribution in [-0.4, -0.2) is 35.1 Å². The number of carbonyl (C=O) groups excluding carboxylic acids is 1. The van der Waals surface area contributed by atoms with Crippen molar-refractivity contribution >= 4 is 17.2 Å². The van der Waals surface area contributed by atoms with Crippen LogP contribution in [0, 0.1) is 0 Å². The molecule has 0 aliphatic carbocycles. The molecule has 4 aromatic rings. The maximum atomic E-state index is 13.9. The third-order valence-electron chi connectivity index (χ3n) is 5.28. The summed E-state index contributed by atoms with van der Waals surface area (Å²) in [6.07, 6.45) is 3.75. The standard InChI is InChI=1S/C27H29N3O4/c1-4-32-23-16-20(17-24(33-5-2)26(23)34-6-3)27(31)30(21-12-8-7-9-13-21)19-22-18-28-25-14-10-11-15-29(22)25/h7-18H,4-6,19H2,1-3H3. The van der Waals surface area contributed by atoms with Gasteiger partial charge < -0.3 is 23.5 Å². The number of imidazole rings is 1. The van der Waals surface area contributed by atoms with Crippen molar-refractivity contribution in [3.8, 4) is 17.2 Å². The molecule has 7 heteroatoms. The van der Waals surface area contributed by atoms with E-state index in [1.54, 1.807) is 23.2 Å². The molecule has 0 unspecified atom stereocenters. The van der Waals surface area contributed by atoms with Crippen LogP contribution in [-0.2, 0) is 6.54 Å². The summed E-state index contributed by atoms with van der Waals surface area (Å²) in [5.41, 5.74) is 2.96. The number of fused-ring (bicyclic) bond motifs is 1. The molecule has 0 radical (unpaired) electrons. The van der Waals surface area contributed by atoms with Gasteiger partial charge in [-0.1, -0.05) is 24.3 Å². The quantitative estimate of drug-likeness (QED) is 0.319. The van der Waals surface area contributed by atoms with E-state index >= 15 is 0 Å². The van der Waals surface area contributed by atoms with Crippen molar-refractivity contribution in [2.75, 3.05) is 24.7 Å². The van der Waals surface area contributed by atoms with Crippen molar-refractivity contribution in [1.82, 2.24) is 9.38 Å². The van der Waals surface area contributed by atoms with Crippen LogP contribution < -0.4 is 19.1 Å². The lowest BCUT2D eigenvalue weighted by molar-refractivity contribution is 0.0983. The maximum Gasteiger partial charge on any atom is 0.258 e. The van der Waals surface area contributed by atoms with Gasteiger partial charge in [-0.25, -0.2) is 4.98 Å². The van der Waals surface area contributed by atoms with Gasteiger partial charge in [0.2, 0.25) is 5.75 Å². The van der Waals surface area contributed by atoms with Crippen LogP contribution in [0.1, 0.15) is 36.8 Å². The number of amides is 1. The number of para-hydroxylation sites is 1. The summed E-state index contributed by atoms with van der Waals surface area (Å²) in [4.78, 5) is 20.1. The van der Waals surface area contributed by atoms with E-state index in [0.29, 0.717) is 49.2 Å². The smallest absolute Gasteiger partial charge is 0.258 e. The molecule has 0 N–H and O–H groups in total. The highest BCUT2D eigenvalue weighted by molar-refractivity contribution is 6.06. The zero-order valence-corrected chi connectivity index (χ0v) is 19.7. The minimum absolute atomic E-state index is 0.179. The lowest BCUT2D eigenvalue weighted by Gasteiger charge is -2.24. The molecule has 0 saturated heterocycles. The summed E-state index contributed by atoms with van der Waals surface area (Å²) in [6.45, 7) is 7.36. The van der Waals surface area contributed by atoms with Crippen LogP contribution in [0.5, 0.6) is 17.2 Å². The second-order valence-electron chi connectivity index (χ2n) is 7.51. The summed E-state index contributed by atoms with van der Waals surface area (Å²) in [5.74, 6) is 1.31. The molecule has 1 amide bonds. The molecule has 0 aliphatic rings. The number of rotatable bonds is 10. The summed E-state index contributed by atoms with van der Waals surface area (Å²) in [5, 5.41) is 0. The maximum absolute atomic E-state index is 13.9. The molecule has 34 heavy (non-hydrogen) atoms. The van der Waals surface area contributed by atoms with E-state index in [0.717, 1.165) is 17.0 Å². The molecule has 2 aromatic carbocycles. The number of hydrogen-bond donors (Lipinski definition) is 0. The Kier molecular flexibility index (Phi) is 7.32. The molecule has 2 heterocycles. The molecule has 2 aromatic heterocycles. The molecule has 0 saturated carbocycles. The highest BCUT2D eigenvalue weighted by Crippen LogP contribution is 2.39. The Bertz CT molecular complexity index is 1230. The van der Waals surface area contributed by atoms with Crippen LogP contribution in [0.25, 0.3) is 5.65 Å². The first kappa shape index (κ1) is 23.2. The van der Waals surface area contributed by atoms with Crippen LogP contribution in [0.2, 0.25) is 0 Å². The first-order chi connectivity index (χ1) is 16.7. The van der Waals surface area contributed by atoms with Gasteiger partial charge in [-0.15, -0.1) is 0 Å². The van der Waals surface area contributed by atoms with Crippen molar-refractivity contribution in [3.05, 3.63) is 84.3 Å². The molecule has 0 bridgehead atoms. The van der Waals surface area contributed by atoms with Crippen LogP contribution >= 0.6 is 0 Å². The Morgan fingerprint density at radius 1 is 0.882 bits per heavy atom. The molecular weight excluding hydrogens is 430 g/mol. The van der Waals surface area contributed by atoms with Gasteiger partial charge in [-0.3, -0.25) is 4.79 Å². The number of nitrogens with zero attached hydrogens (tertiary/aromatic N) is 3. The summed E-state index contributed by atoms with van der Waals surface area (Å²) in [6, 6.07) is 18.9. The van der Waals surface area contributed by atoms with Gasteiger partial charge in [0, 0.05) is 17.4 Å². The topological polar surface area (TPSA) is 65.3 Å². The van der Waals surface area contributed by atoms with Gasteiger partial charge >= 0.3 is 0 Å². The highest BCUT2D eigenvalue weighted by atomic mass is 16.5. The number of ether oxygens (including phenoxy) is 3. The Balaban J connectivity index is 1.78. The van der Waals surface area contributed by atoms with Crippen molar-refractivity contribution in [2.45, 2.75) is 27.3 Å². The molecular formula is C27H29N3O4. The minimum Gasteiger partial charge on any atom is -0.490 e. The van der Waals surface area contributed by atoms with Crippen molar-refractivity contribution in [3.63, 3.8) is 0 Å². The van der Waals surface area contributed by atoms with E-state index in [4.69, 9.17) is 14.2 Å². The fourth-order valence-electron chi connectivity index (χ4n) is 3.82. The molecule has 4 rings (SSSR count). The molecule has 0 spiro atoms. The Morgan fingerprint density at radius 2 is 1.53 bits per heavy atom. The average molecular weight is 460 g/mol. The molecule has 0 fully saturated rings. The number of pyridine rings is 1. The SMILES string of the molecule is CCOc1cc(C(=O)N(Cc2cnc3ccccn23)c2ccccc2)cc(OCC)c1OCC. The first-order valence-corrected chi connectivity index (χ1v) is 11.5. The second kappa shape index (κ2) is 10.7. The lowest BCUT2D eigenvalue weighted by atomic mass is 10.1. The van der Waals surface area contributed by atoms with E-state index in [-0.39, 0.29) is 5.91 Å². The van der Waals surface area contributed by atoms with Crippen LogP contribution in [0.15, 0.2) is 73.1 Å². The zero-order chi connectivity index (χ0) is 23.9. The lowest BCUT2D eigenvalue weighted by Crippen LogP contribution is -2.31. The van der Waals surface area contributed by atoms with E-state index in [1.807, 2.05) is 79.9 Å². The first-order valence-electron chi connectivity index (χ1n) is 11.5. The van der Waals surface area contributed by atoms with Crippen molar-refractivity contribution in [1.29, 1.82) is 0 Å². The normalized spacial score (nSPS) is 10.8. The number of benzene rings is 2. The second-order valence-corrected chi connectivity index (χ2v) is 7.51. The fourth-order valence-corrected chi connectivity index (χ4v) is 3.82.